The van der Waals surface area contributed by atoms with Crippen molar-refractivity contribution in [2.24, 2.45) is 0 Å². The predicted octanol–water partition coefficient (Wildman–Crippen LogP) is 4.85. The van der Waals surface area contributed by atoms with Gasteiger partial charge < -0.3 is 15.7 Å². The van der Waals surface area contributed by atoms with Gasteiger partial charge in [0, 0.05) is 16.4 Å². The SMILES string of the molecule is Cl.O=C(O)c1ccc(Nc2nccc(Nc3ccccc3Br)n2)cc1. The maximum atomic E-state index is 10.9. The van der Waals surface area contributed by atoms with Crippen molar-refractivity contribution in [1.29, 1.82) is 0 Å². The number of halogens is 2. The molecule has 0 saturated carbocycles. The number of carboxylic acid groups (broad SMARTS) is 1. The minimum Gasteiger partial charge on any atom is -0.478 e. The monoisotopic (exact) mass is 420 g/mol. The lowest BCUT2D eigenvalue weighted by Crippen LogP contribution is -2.01. The predicted molar refractivity (Wildman–Crippen MR) is 103 cm³/mol. The zero-order chi connectivity index (χ0) is 16.9. The van der Waals surface area contributed by atoms with Crippen molar-refractivity contribution < 1.29 is 9.90 Å². The maximum absolute atomic E-state index is 10.9. The summed E-state index contributed by atoms with van der Waals surface area (Å²) in [6.07, 6.45) is 1.64. The highest BCUT2D eigenvalue weighted by atomic mass is 79.9. The fraction of sp³-hybridized carbons (Fsp3) is 0. The van der Waals surface area contributed by atoms with Crippen LogP contribution in [-0.2, 0) is 0 Å². The Labute approximate surface area is 158 Å². The summed E-state index contributed by atoms with van der Waals surface area (Å²) in [6, 6.07) is 15.9. The third kappa shape index (κ3) is 4.91. The second-order valence-corrected chi connectivity index (χ2v) is 5.73. The normalized spacial score (nSPS) is 9.80. The smallest absolute Gasteiger partial charge is 0.335 e. The average molecular weight is 422 g/mol. The first-order chi connectivity index (χ1) is 11.6. The van der Waals surface area contributed by atoms with E-state index in [0.717, 1.165) is 10.2 Å². The quantitative estimate of drug-likeness (QED) is 0.546. The average Bonchev–Trinajstić information content (AvgIpc) is 2.58. The van der Waals surface area contributed by atoms with Gasteiger partial charge in [0.1, 0.15) is 5.82 Å². The van der Waals surface area contributed by atoms with Crippen LogP contribution < -0.4 is 10.6 Å². The van der Waals surface area contributed by atoms with Crippen molar-refractivity contribution in [2.75, 3.05) is 10.6 Å². The lowest BCUT2D eigenvalue weighted by atomic mass is 10.2. The van der Waals surface area contributed by atoms with Crippen LogP contribution in [-0.4, -0.2) is 21.0 Å². The summed E-state index contributed by atoms with van der Waals surface area (Å²) in [5, 5.41) is 15.2. The molecular weight excluding hydrogens is 408 g/mol. The Morgan fingerprint density at radius 2 is 1.72 bits per heavy atom. The largest absolute Gasteiger partial charge is 0.478 e. The molecule has 0 atom stereocenters. The van der Waals surface area contributed by atoms with Gasteiger partial charge in [-0.1, -0.05) is 12.1 Å². The molecule has 128 valence electrons. The fourth-order valence-corrected chi connectivity index (χ4v) is 2.40. The number of nitrogens with zero attached hydrogens (tertiary/aromatic N) is 2. The molecule has 8 heteroatoms. The Kier molecular flexibility index (Phi) is 6.32. The van der Waals surface area contributed by atoms with Crippen molar-refractivity contribution in [3.8, 4) is 0 Å². The highest BCUT2D eigenvalue weighted by Gasteiger charge is 2.05. The van der Waals surface area contributed by atoms with E-state index in [9.17, 15) is 4.79 Å². The number of carboxylic acids is 1. The second-order valence-electron chi connectivity index (χ2n) is 4.88. The number of carbonyl (C=O) groups is 1. The van der Waals surface area contributed by atoms with E-state index in [1.807, 2.05) is 24.3 Å². The first-order valence-corrected chi connectivity index (χ1v) is 7.86. The van der Waals surface area contributed by atoms with Crippen molar-refractivity contribution in [3.63, 3.8) is 0 Å². The Balaban J connectivity index is 0.00000225. The van der Waals surface area contributed by atoms with Crippen LogP contribution in [0, 0.1) is 0 Å². The van der Waals surface area contributed by atoms with E-state index in [-0.39, 0.29) is 18.0 Å². The molecule has 0 radical (unpaired) electrons. The first kappa shape index (κ1) is 18.7. The molecule has 0 aliphatic rings. The van der Waals surface area contributed by atoms with Gasteiger partial charge in [-0.25, -0.2) is 9.78 Å². The Morgan fingerprint density at radius 1 is 1.00 bits per heavy atom. The number of benzene rings is 2. The molecule has 0 amide bonds. The van der Waals surface area contributed by atoms with Gasteiger partial charge in [-0.05, 0) is 58.4 Å². The summed E-state index contributed by atoms with van der Waals surface area (Å²) in [5.41, 5.74) is 1.83. The van der Waals surface area contributed by atoms with Crippen LogP contribution >= 0.6 is 28.3 Å². The van der Waals surface area contributed by atoms with Gasteiger partial charge in [-0.15, -0.1) is 12.4 Å². The van der Waals surface area contributed by atoms with Gasteiger partial charge >= 0.3 is 5.97 Å². The molecule has 6 nitrogen and oxygen atoms in total. The maximum Gasteiger partial charge on any atom is 0.335 e. The van der Waals surface area contributed by atoms with E-state index >= 15 is 0 Å². The molecule has 0 aliphatic carbocycles. The summed E-state index contributed by atoms with van der Waals surface area (Å²) in [7, 11) is 0. The van der Waals surface area contributed by atoms with E-state index < -0.39 is 5.97 Å². The zero-order valence-electron chi connectivity index (χ0n) is 12.8. The van der Waals surface area contributed by atoms with E-state index in [1.54, 1.807) is 24.4 Å². The molecule has 0 bridgehead atoms. The highest BCUT2D eigenvalue weighted by Crippen LogP contribution is 2.25. The molecule has 0 aliphatic heterocycles. The lowest BCUT2D eigenvalue weighted by molar-refractivity contribution is 0.0697. The number of anilines is 4. The number of nitrogens with one attached hydrogen (secondary N) is 2. The van der Waals surface area contributed by atoms with Gasteiger partial charge in [0.25, 0.3) is 0 Å². The van der Waals surface area contributed by atoms with Crippen LogP contribution in [0.4, 0.5) is 23.1 Å². The summed E-state index contributed by atoms with van der Waals surface area (Å²) in [4.78, 5) is 19.4. The fourth-order valence-electron chi connectivity index (χ4n) is 2.01. The van der Waals surface area contributed by atoms with Crippen LogP contribution in [0.25, 0.3) is 0 Å². The molecule has 25 heavy (non-hydrogen) atoms. The van der Waals surface area contributed by atoms with Crippen LogP contribution in [0.15, 0.2) is 65.3 Å². The number of aromatic carboxylic acids is 1. The summed E-state index contributed by atoms with van der Waals surface area (Å²) < 4.78 is 0.933. The molecule has 3 aromatic rings. The molecule has 1 aromatic heterocycles. The lowest BCUT2D eigenvalue weighted by Gasteiger charge is -2.09. The number of hydrogen-bond acceptors (Lipinski definition) is 5. The van der Waals surface area contributed by atoms with Crippen LogP contribution in [0.1, 0.15) is 10.4 Å². The number of para-hydroxylation sites is 1. The van der Waals surface area contributed by atoms with E-state index in [2.05, 4.69) is 36.5 Å². The first-order valence-electron chi connectivity index (χ1n) is 7.07. The van der Waals surface area contributed by atoms with Crippen LogP contribution in [0.2, 0.25) is 0 Å². The second kappa shape index (κ2) is 8.46. The van der Waals surface area contributed by atoms with Crippen molar-refractivity contribution >= 4 is 57.4 Å². The molecule has 2 aromatic carbocycles. The molecule has 3 N–H and O–H groups in total. The van der Waals surface area contributed by atoms with E-state index in [4.69, 9.17) is 5.11 Å². The third-order valence-corrected chi connectivity index (χ3v) is 3.87. The van der Waals surface area contributed by atoms with Crippen molar-refractivity contribution in [1.82, 2.24) is 9.97 Å². The number of aromatic nitrogens is 2. The van der Waals surface area contributed by atoms with Crippen LogP contribution in [0.3, 0.4) is 0 Å². The van der Waals surface area contributed by atoms with Crippen molar-refractivity contribution in [3.05, 3.63) is 70.8 Å². The van der Waals surface area contributed by atoms with E-state index in [0.29, 0.717) is 17.5 Å². The number of rotatable bonds is 5. The van der Waals surface area contributed by atoms with Gasteiger partial charge in [-0.2, -0.15) is 4.98 Å². The Morgan fingerprint density at radius 3 is 2.40 bits per heavy atom. The summed E-state index contributed by atoms with van der Waals surface area (Å²) in [6.45, 7) is 0. The summed E-state index contributed by atoms with van der Waals surface area (Å²) in [5.74, 6) is 0.0918. The molecule has 0 unspecified atom stereocenters. The summed E-state index contributed by atoms with van der Waals surface area (Å²) >= 11 is 3.47. The van der Waals surface area contributed by atoms with Gasteiger partial charge in [-0.3, -0.25) is 0 Å². The van der Waals surface area contributed by atoms with Gasteiger partial charge in [0.05, 0.1) is 11.3 Å². The molecular formula is C17H14BrClN4O2. The Hall–Kier alpha value is -2.64. The minimum absolute atomic E-state index is 0. The Bertz CT molecular complexity index is 875. The standard InChI is InChI=1S/C17H13BrN4O2.ClH/c18-13-3-1-2-4-14(13)21-15-9-10-19-17(22-15)20-12-7-5-11(6-8-12)16(23)24;/h1-10H,(H,23,24)(H2,19,20,21,22);1H. The molecule has 3 rings (SSSR count). The van der Waals surface area contributed by atoms with Gasteiger partial charge in [0.15, 0.2) is 0 Å². The van der Waals surface area contributed by atoms with Crippen LogP contribution in [0.5, 0.6) is 0 Å². The highest BCUT2D eigenvalue weighted by molar-refractivity contribution is 9.10. The minimum atomic E-state index is -0.961. The van der Waals surface area contributed by atoms with Gasteiger partial charge in [0.2, 0.25) is 5.95 Å². The third-order valence-electron chi connectivity index (χ3n) is 3.18. The topological polar surface area (TPSA) is 87.1 Å². The molecule has 1 heterocycles. The van der Waals surface area contributed by atoms with Crippen molar-refractivity contribution in [2.45, 2.75) is 0 Å². The zero-order valence-corrected chi connectivity index (χ0v) is 15.2. The molecule has 0 spiro atoms. The number of hydrogen-bond donors (Lipinski definition) is 3. The molecule has 0 saturated heterocycles. The molecule has 0 fully saturated rings. The van der Waals surface area contributed by atoms with E-state index in [1.165, 1.54) is 12.1 Å².